The molecule has 0 bridgehead atoms. The molecule has 3 aromatic rings. The molecule has 1 N–H and O–H groups in total. The Kier molecular flexibility index (Phi) is 10.1. The summed E-state index contributed by atoms with van der Waals surface area (Å²) in [5.74, 6) is -0.480. The molecule has 1 atom stereocenters. The number of carbonyl (C=O) groups excluding carboxylic acids is 2. The zero-order chi connectivity index (χ0) is 28.6. The predicted octanol–water partition coefficient (Wildman–Crippen LogP) is 3.85. The van der Waals surface area contributed by atoms with E-state index in [-0.39, 0.29) is 24.6 Å². The first kappa shape index (κ1) is 29.7. The van der Waals surface area contributed by atoms with E-state index in [0.29, 0.717) is 12.3 Å². The summed E-state index contributed by atoms with van der Waals surface area (Å²) >= 11 is 0. The van der Waals surface area contributed by atoms with Crippen LogP contribution in [0.4, 0.5) is 5.69 Å². The minimum absolute atomic E-state index is 0.135. The molecular weight excluding hydrogens is 514 g/mol. The Hall–Kier alpha value is -3.85. The Morgan fingerprint density at radius 1 is 0.923 bits per heavy atom. The number of hydrogen-bond donors (Lipinski definition) is 1. The first-order chi connectivity index (χ1) is 18.5. The Morgan fingerprint density at radius 2 is 1.56 bits per heavy atom. The third kappa shape index (κ3) is 8.07. The fourth-order valence-corrected chi connectivity index (χ4v) is 5.17. The quantitative estimate of drug-likeness (QED) is 0.369. The van der Waals surface area contributed by atoms with Crippen molar-refractivity contribution in [2.24, 2.45) is 0 Å². The highest BCUT2D eigenvalue weighted by molar-refractivity contribution is 7.92. The van der Waals surface area contributed by atoms with Crippen LogP contribution in [0.25, 0.3) is 0 Å². The van der Waals surface area contributed by atoms with Gasteiger partial charge in [0.1, 0.15) is 18.3 Å². The fraction of sp³-hybridized carbons (Fsp3) is 0.333. The van der Waals surface area contributed by atoms with Crippen LogP contribution in [-0.4, -0.2) is 57.6 Å². The molecule has 0 aromatic heterocycles. The van der Waals surface area contributed by atoms with Crippen molar-refractivity contribution in [2.45, 2.75) is 39.8 Å². The maximum Gasteiger partial charge on any atom is 0.244 e. The van der Waals surface area contributed by atoms with Gasteiger partial charge in [0.15, 0.2) is 0 Å². The number of nitrogens with zero attached hydrogens (tertiary/aromatic N) is 2. The minimum atomic E-state index is -3.88. The predicted molar refractivity (Wildman–Crippen MR) is 154 cm³/mol. The summed E-state index contributed by atoms with van der Waals surface area (Å²) in [6, 6.07) is 21.4. The van der Waals surface area contributed by atoms with Gasteiger partial charge in [-0.1, -0.05) is 66.2 Å². The van der Waals surface area contributed by atoms with Gasteiger partial charge in [-0.05, 0) is 49.6 Å². The van der Waals surface area contributed by atoms with Gasteiger partial charge in [-0.2, -0.15) is 0 Å². The standard InChI is InChI=1S/C30H37N3O5S/c1-6-31-30(35)27(19-24-10-8-7-9-11-24)32(20-25-15-12-22(2)13-16-25)29(34)21-33(39(5,36)37)26-18-23(3)14-17-28(26)38-4/h7-18,27H,6,19-21H2,1-5H3,(H,31,35)/t27-/m1/s1. The highest BCUT2D eigenvalue weighted by Crippen LogP contribution is 2.31. The van der Waals surface area contributed by atoms with E-state index in [1.54, 1.807) is 18.2 Å². The SMILES string of the molecule is CCNC(=O)[C@@H](Cc1ccccc1)N(Cc1ccc(C)cc1)C(=O)CN(c1cc(C)ccc1OC)S(C)(=O)=O. The van der Waals surface area contributed by atoms with E-state index in [4.69, 9.17) is 4.74 Å². The summed E-state index contributed by atoms with van der Waals surface area (Å²) in [7, 11) is -2.43. The molecular formula is C30H37N3O5S. The van der Waals surface area contributed by atoms with E-state index in [9.17, 15) is 18.0 Å². The van der Waals surface area contributed by atoms with Crippen LogP contribution in [0, 0.1) is 13.8 Å². The van der Waals surface area contributed by atoms with Crippen molar-refractivity contribution in [2.75, 3.05) is 30.8 Å². The topological polar surface area (TPSA) is 96.0 Å². The summed E-state index contributed by atoms with van der Waals surface area (Å²) in [6.45, 7) is 5.66. The number of likely N-dealkylation sites (N-methyl/N-ethyl adjacent to an activating group) is 1. The molecule has 3 aromatic carbocycles. The van der Waals surface area contributed by atoms with E-state index in [1.807, 2.05) is 75.4 Å². The summed E-state index contributed by atoms with van der Waals surface area (Å²) in [6.07, 6.45) is 1.33. The number of rotatable bonds is 12. The lowest BCUT2D eigenvalue weighted by Crippen LogP contribution is -2.53. The van der Waals surface area contributed by atoms with Crippen molar-refractivity contribution in [1.29, 1.82) is 0 Å². The second kappa shape index (κ2) is 13.3. The van der Waals surface area contributed by atoms with E-state index in [1.165, 1.54) is 12.0 Å². The van der Waals surface area contributed by atoms with Gasteiger partial charge in [0.05, 0.1) is 19.1 Å². The average Bonchev–Trinajstić information content (AvgIpc) is 2.90. The molecule has 8 nitrogen and oxygen atoms in total. The van der Waals surface area contributed by atoms with Crippen LogP contribution in [0.15, 0.2) is 72.8 Å². The molecule has 0 spiro atoms. The van der Waals surface area contributed by atoms with Crippen LogP contribution in [-0.2, 0) is 32.6 Å². The van der Waals surface area contributed by atoms with Crippen molar-refractivity contribution in [3.05, 3.63) is 95.1 Å². The summed E-state index contributed by atoms with van der Waals surface area (Å²) in [4.78, 5) is 28.9. The molecule has 0 radical (unpaired) electrons. The molecule has 2 amide bonds. The second-order valence-corrected chi connectivity index (χ2v) is 11.5. The number of sulfonamides is 1. The van der Waals surface area contributed by atoms with Crippen LogP contribution in [0.1, 0.15) is 29.2 Å². The van der Waals surface area contributed by atoms with E-state index in [0.717, 1.165) is 32.8 Å². The number of methoxy groups -OCH3 is 1. The molecule has 0 saturated carbocycles. The number of amides is 2. The molecule has 0 aliphatic rings. The Bertz CT molecular complexity index is 1380. The number of aryl methyl sites for hydroxylation is 2. The number of benzene rings is 3. The zero-order valence-corrected chi connectivity index (χ0v) is 24.0. The summed E-state index contributed by atoms with van der Waals surface area (Å²) in [5, 5.41) is 2.85. The molecule has 0 saturated heterocycles. The van der Waals surface area contributed by atoms with Crippen LogP contribution in [0.5, 0.6) is 5.75 Å². The van der Waals surface area contributed by atoms with Crippen molar-refractivity contribution < 1.29 is 22.7 Å². The molecule has 208 valence electrons. The average molecular weight is 552 g/mol. The number of nitrogens with one attached hydrogen (secondary N) is 1. The summed E-state index contributed by atoms with van der Waals surface area (Å²) in [5.41, 5.74) is 3.86. The lowest BCUT2D eigenvalue weighted by atomic mass is 10.0. The molecule has 39 heavy (non-hydrogen) atoms. The maximum absolute atomic E-state index is 14.1. The molecule has 0 unspecified atom stereocenters. The monoisotopic (exact) mass is 551 g/mol. The number of anilines is 1. The highest BCUT2D eigenvalue weighted by atomic mass is 32.2. The molecule has 9 heteroatoms. The smallest absolute Gasteiger partial charge is 0.244 e. The molecule has 0 aliphatic carbocycles. The lowest BCUT2D eigenvalue weighted by molar-refractivity contribution is -0.140. The first-order valence-electron chi connectivity index (χ1n) is 12.8. The van der Waals surface area contributed by atoms with E-state index >= 15 is 0 Å². The van der Waals surface area contributed by atoms with Gasteiger partial charge in [0.25, 0.3) is 0 Å². The Labute approximate surface area is 231 Å². The van der Waals surface area contributed by atoms with Gasteiger partial charge in [-0.15, -0.1) is 0 Å². The highest BCUT2D eigenvalue weighted by Gasteiger charge is 2.33. The van der Waals surface area contributed by atoms with Gasteiger partial charge < -0.3 is 15.0 Å². The van der Waals surface area contributed by atoms with Gasteiger partial charge in [-0.3, -0.25) is 13.9 Å². The van der Waals surface area contributed by atoms with Gasteiger partial charge in [0, 0.05) is 19.5 Å². The number of carbonyl (C=O) groups is 2. The van der Waals surface area contributed by atoms with Gasteiger partial charge in [0.2, 0.25) is 21.8 Å². The van der Waals surface area contributed by atoms with Crippen molar-refractivity contribution >= 4 is 27.5 Å². The third-order valence-electron chi connectivity index (χ3n) is 6.38. The van der Waals surface area contributed by atoms with Crippen LogP contribution >= 0.6 is 0 Å². The van der Waals surface area contributed by atoms with Gasteiger partial charge >= 0.3 is 0 Å². The maximum atomic E-state index is 14.1. The van der Waals surface area contributed by atoms with Crippen LogP contribution in [0.3, 0.4) is 0 Å². The van der Waals surface area contributed by atoms with Crippen molar-refractivity contribution in [3.63, 3.8) is 0 Å². The van der Waals surface area contributed by atoms with Crippen LogP contribution in [0.2, 0.25) is 0 Å². The fourth-order valence-electron chi connectivity index (χ4n) is 4.33. The number of hydrogen-bond acceptors (Lipinski definition) is 5. The van der Waals surface area contributed by atoms with E-state index in [2.05, 4.69) is 5.32 Å². The minimum Gasteiger partial charge on any atom is -0.495 e. The van der Waals surface area contributed by atoms with E-state index < -0.39 is 28.5 Å². The largest absolute Gasteiger partial charge is 0.495 e. The van der Waals surface area contributed by atoms with Crippen LogP contribution < -0.4 is 14.4 Å². The normalized spacial score (nSPS) is 11.9. The lowest BCUT2D eigenvalue weighted by Gasteiger charge is -2.33. The third-order valence-corrected chi connectivity index (χ3v) is 7.50. The Balaban J connectivity index is 2.07. The Morgan fingerprint density at radius 3 is 2.15 bits per heavy atom. The molecule has 0 heterocycles. The number of ether oxygens (including phenoxy) is 1. The van der Waals surface area contributed by atoms with Gasteiger partial charge in [-0.25, -0.2) is 8.42 Å². The molecule has 3 rings (SSSR count). The molecule has 0 aliphatic heterocycles. The zero-order valence-electron chi connectivity index (χ0n) is 23.2. The van der Waals surface area contributed by atoms with Crippen molar-refractivity contribution in [1.82, 2.24) is 10.2 Å². The summed E-state index contributed by atoms with van der Waals surface area (Å²) < 4.78 is 32.4. The molecule has 0 fully saturated rings. The first-order valence-corrected chi connectivity index (χ1v) is 14.7. The second-order valence-electron chi connectivity index (χ2n) is 9.55. The van der Waals surface area contributed by atoms with Crippen molar-refractivity contribution in [3.8, 4) is 5.75 Å².